The Hall–Kier alpha value is -2.23. The van der Waals surface area contributed by atoms with E-state index in [1.807, 2.05) is 13.0 Å². The first kappa shape index (κ1) is 19.5. The molecule has 1 N–H and O–H groups in total. The number of nitriles is 1. The Bertz CT molecular complexity index is 1010. The molecule has 0 spiro atoms. The van der Waals surface area contributed by atoms with Crippen molar-refractivity contribution in [3.63, 3.8) is 0 Å². The number of benzene rings is 2. The number of nitrogens with one attached hydrogen (secondary N) is 1. The van der Waals surface area contributed by atoms with Gasteiger partial charge >= 0.3 is 0 Å². The maximum absolute atomic E-state index is 9.03. The number of nitrogens with zero attached hydrogens (tertiary/aromatic N) is 3. The van der Waals surface area contributed by atoms with Crippen LogP contribution in [-0.4, -0.2) is 9.78 Å². The smallest absolute Gasteiger partial charge is 0.168 e. The monoisotopic (exact) mass is 420 g/mol. The van der Waals surface area contributed by atoms with Gasteiger partial charge in [0.2, 0.25) is 0 Å². The van der Waals surface area contributed by atoms with E-state index < -0.39 is 0 Å². The third kappa shape index (κ3) is 5.15. The largest absolute Gasteiger partial charge is 0.454 e. The van der Waals surface area contributed by atoms with E-state index >= 15 is 0 Å². The van der Waals surface area contributed by atoms with Gasteiger partial charge in [0.05, 0.1) is 24.5 Å². The fourth-order valence-electron chi connectivity index (χ4n) is 2.46. The number of rotatable bonds is 6. The van der Waals surface area contributed by atoms with Crippen molar-refractivity contribution in [1.29, 1.82) is 5.26 Å². The van der Waals surface area contributed by atoms with Crippen LogP contribution < -0.4 is 10.1 Å². The molecule has 0 radical (unpaired) electrons. The molecule has 0 aliphatic heterocycles. The number of ether oxygens (including phenoxy) is 1. The normalized spacial score (nSPS) is 10.6. The van der Waals surface area contributed by atoms with Gasteiger partial charge in [-0.3, -0.25) is 10.00 Å². The van der Waals surface area contributed by atoms with E-state index in [0.29, 0.717) is 45.3 Å². The zero-order valence-corrected chi connectivity index (χ0v) is 16.6. The molecular formula is C19H15Cl3N4O. The van der Waals surface area contributed by atoms with Gasteiger partial charge in [-0.1, -0.05) is 40.9 Å². The van der Waals surface area contributed by atoms with Crippen LogP contribution in [0.4, 0.5) is 0 Å². The minimum absolute atomic E-state index is 0.434. The lowest BCUT2D eigenvalue weighted by atomic mass is 10.2. The Labute approximate surface area is 172 Å². The van der Waals surface area contributed by atoms with Gasteiger partial charge in [-0.15, -0.1) is 0 Å². The van der Waals surface area contributed by atoms with Gasteiger partial charge in [0.25, 0.3) is 0 Å². The average Bonchev–Trinajstić information content (AvgIpc) is 2.95. The second-order valence-electron chi connectivity index (χ2n) is 5.83. The molecule has 0 unspecified atom stereocenters. The summed E-state index contributed by atoms with van der Waals surface area (Å²) in [4.78, 5) is 0. The van der Waals surface area contributed by atoms with E-state index in [1.165, 1.54) is 0 Å². The molecule has 3 aromatic rings. The van der Waals surface area contributed by atoms with Gasteiger partial charge in [0, 0.05) is 21.6 Å². The lowest BCUT2D eigenvalue weighted by Gasteiger charge is -2.07. The molecule has 1 heterocycles. The van der Waals surface area contributed by atoms with Crippen molar-refractivity contribution in [3.8, 4) is 17.6 Å². The second-order valence-corrected chi connectivity index (χ2v) is 7.11. The van der Waals surface area contributed by atoms with E-state index in [-0.39, 0.29) is 0 Å². The standard InChI is InChI=1S/C19H15Cl3N4O/c1-12-19(27-17-5-13(8-23)4-16(21)6-17)10-26(25-12)11-24-9-14-2-3-15(20)7-18(14)22/h2-7,10,24H,9,11H2,1H3. The Kier molecular flexibility index (Phi) is 6.25. The van der Waals surface area contributed by atoms with Crippen molar-refractivity contribution in [2.24, 2.45) is 0 Å². The van der Waals surface area contributed by atoms with Crippen molar-refractivity contribution in [2.45, 2.75) is 20.1 Å². The molecule has 0 saturated carbocycles. The SMILES string of the molecule is Cc1nn(CNCc2ccc(Cl)cc2Cl)cc1Oc1cc(Cl)cc(C#N)c1. The molecule has 138 valence electrons. The lowest BCUT2D eigenvalue weighted by Crippen LogP contribution is -2.18. The van der Waals surface area contributed by atoms with Crippen LogP contribution in [0.1, 0.15) is 16.8 Å². The zero-order valence-electron chi connectivity index (χ0n) is 14.3. The van der Waals surface area contributed by atoms with Crippen LogP contribution in [0, 0.1) is 18.3 Å². The predicted molar refractivity (Wildman–Crippen MR) is 107 cm³/mol. The van der Waals surface area contributed by atoms with Crippen LogP contribution in [-0.2, 0) is 13.2 Å². The summed E-state index contributed by atoms with van der Waals surface area (Å²) >= 11 is 18.1. The van der Waals surface area contributed by atoms with E-state index in [1.54, 1.807) is 41.2 Å². The molecule has 27 heavy (non-hydrogen) atoms. The van der Waals surface area contributed by atoms with Gasteiger partial charge in [-0.25, -0.2) is 0 Å². The summed E-state index contributed by atoms with van der Waals surface area (Å²) in [5, 5.41) is 18.4. The summed E-state index contributed by atoms with van der Waals surface area (Å²) in [5.74, 6) is 1.08. The summed E-state index contributed by atoms with van der Waals surface area (Å²) in [5.41, 5.74) is 2.10. The van der Waals surface area contributed by atoms with E-state index in [2.05, 4.69) is 16.5 Å². The number of aryl methyl sites for hydroxylation is 1. The molecule has 8 heteroatoms. The van der Waals surface area contributed by atoms with Crippen LogP contribution >= 0.6 is 34.8 Å². The quantitative estimate of drug-likeness (QED) is 0.566. The first-order valence-corrected chi connectivity index (χ1v) is 9.15. The van der Waals surface area contributed by atoms with Crippen LogP contribution in [0.5, 0.6) is 11.5 Å². The first-order valence-electron chi connectivity index (χ1n) is 8.02. The zero-order chi connectivity index (χ0) is 19.4. The molecule has 3 rings (SSSR count). The average molecular weight is 422 g/mol. The van der Waals surface area contributed by atoms with Crippen LogP contribution in [0.3, 0.4) is 0 Å². The van der Waals surface area contributed by atoms with Crippen molar-refractivity contribution in [1.82, 2.24) is 15.1 Å². The number of halogens is 3. The fraction of sp³-hybridized carbons (Fsp3) is 0.158. The number of hydrogen-bond donors (Lipinski definition) is 1. The Morgan fingerprint density at radius 2 is 1.96 bits per heavy atom. The van der Waals surface area contributed by atoms with Crippen LogP contribution in [0.15, 0.2) is 42.6 Å². The predicted octanol–water partition coefficient (Wildman–Crippen LogP) is 5.56. The Morgan fingerprint density at radius 3 is 2.70 bits per heavy atom. The highest BCUT2D eigenvalue weighted by molar-refractivity contribution is 6.35. The minimum Gasteiger partial charge on any atom is -0.454 e. The fourth-order valence-corrected chi connectivity index (χ4v) is 3.16. The summed E-state index contributed by atoms with van der Waals surface area (Å²) in [6.45, 7) is 2.89. The molecule has 5 nitrogen and oxygen atoms in total. The third-order valence-corrected chi connectivity index (χ3v) is 4.54. The highest BCUT2D eigenvalue weighted by Crippen LogP contribution is 2.28. The van der Waals surface area contributed by atoms with Crippen LogP contribution in [0.2, 0.25) is 15.1 Å². The molecule has 0 bridgehead atoms. The molecule has 2 aromatic carbocycles. The molecule has 0 atom stereocenters. The lowest BCUT2D eigenvalue weighted by molar-refractivity contribution is 0.474. The van der Waals surface area contributed by atoms with Gasteiger partial charge in [-0.2, -0.15) is 10.4 Å². The van der Waals surface area contributed by atoms with Crippen molar-refractivity contribution >= 4 is 34.8 Å². The third-order valence-electron chi connectivity index (χ3n) is 3.73. The Balaban J connectivity index is 1.64. The van der Waals surface area contributed by atoms with Crippen LogP contribution in [0.25, 0.3) is 0 Å². The summed E-state index contributed by atoms with van der Waals surface area (Å²) in [6.07, 6.45) is 1.78. The Morgan fingerprint density at radius 1 is 1.15 bits per heavy atom. The molecule has 1 aromatic heterocycles. The first-order chi connectivity index (χ1) is 12.9. The van der Waals surface area contributed by atoms with E-state index in [0.717, 1.165) is 11.3 Å². The van der Waals surface area contributed by atoms with E-state index in [9.17, 15) is 0 Å². The molecule has 0 saturated heterocycles. The van der Waals surface area contributed by atoms with Crippen molar-refractivity contribution in [3.05, 3.63) is 74.5 Å². The molecule has 0 aliphatic carbocycles. The maximum atomic E-state index is 9.03. The van der Waals surface area contributed by atoms with Gasteiger partial charge in [0.1, 0.15) is 11.4 Å². The van der Waals surface area contributed by atoms with Gasteiger partial charge in [-0.05, 0) is 42.8 Å². The molecule has 0 amide bonds. The highest BCUT2D eigenvalue weighted by atomic mass is 35.5. The molecular weight excluding hydrogens is 407 g/mol. The number of hydrogen-bond acceptors (Lipinski definition) is 4. The molecule has 0 fully saturated rings. The number of aromatic nitrogens is 2. The van der Waals surface area contributed by atoms with Gasteiger partial charge in [0.15, 0.2) is 5.75 Å². The maximum Gasteiger partial charge on any atom is 0.168 e. The topological polar surface area (TPSA) is 62.9 Å². The summed E-state index contributed by atoms with van der Waals surface area (Å²) < 4.78 is 7.55. The highest BCUT2D eigenvalue weighted by Gasteiger charge is 2.09. The summed E-state index contributed by atoms with van der Waals surface area (Å²) in [6, 6.07) is 12.3. The van der Waals surface area contributed by atoms with Crippen molar-refractivity contribution in [2.75, 3.05) is 0 Å². The van der Waals surface area contributed by atoms with E-state index in [4.69, 9.17) is 44.8 Å². The van der Waals surface area contributed by atoms with Crippen molar-refractivity contribution < 1.29 is 4.74 Å². The molecule has 0 aliphatic rings. The second kappa shape index (κ2) is 8.64. The minimum atomic E-state index is 0.434. The van der Waals surface area contributed by atoms with Gasteiger partial charge < -0.3 is 4.74 Å². The summed E-state index contributed by atoms with van der Waals surface area (Å²) in [7, 11) is 0.